The maximum Gasteiger partial charge on any atom is 0.338 e. The summed E-state index contributed by atoms with van der Waals surface area (Å²) in [6.07, 6.45) is 0. The summed E-state index contributed by atoms with van der Waals surface area (Å²) in [5.41, 5.74) is 3.91. The number of hydrogen-bond acceptors (Lipinski definition) is 5. The van der Waals surface area contributed by atoms with Crippen LogP contribution in [-0.4, -0.2) is 57.5 Å². The van der Waals surface area contributed by atoms with Crippen LogP contribution in [0.15, 0.2) is 65.9 Å². The molecule has 2 aromatic rings. The van der Waals surface area contributed by atoms with Crippen LogP contribution >= 0.6 is 0 Å². The number of ether oxygens (including phenoxy) is 3. The first-order valence-electron chi connectivity index (χ1n) is 10.2. The van der Waals surface area contributed by atoms with Crippen molar-refractivity contribution in [3.63, 3.8) is 0 Å². The number of urea groups is 1. The van der Waals surface area contributed by atoms with Gasteiger partial charge in [0.25, 0.3) is 0 Å². The fourth-order valence-corrected chi connectivity index (χ4v) is 3.54. The highest BCUT2D eigenvalue weighted by Crippen LogP contribution is 2.32. The third kappa shape index (κ3) is 5.31. The molecule has 7 heteroatoms. The van der Waals surface area contributed by atoms with Crippen molar-refractivity contribution >= 4 is 12.0 Å². The number of carbonyl (C=O) groups excluding carboxylic acids is 2. The van der Waals surface area contributed by atoms with E-state index in [1.807, 2.05) is 54.6 Å². The highest BCUT2D eigenvalue weighted by Gasteiger charge is 2.36. The van der Waals surface area contributed by atoms with Crippen LogP contribution in [0, 0.1) is 0 Å². The third-order valence-electron chi connectivity index (χ3n) is 5.21. The van der Waals surface area contributed by atoms with Crippen molar-refractivity contribution in [3.8, 4) is 11.1 Å². The zero-order chi connectivity index (χ0) is 22.2. The van der Waals surface area contributed by atoms with Crippen LogP contribution in [0.2, 0.25) is 0 Å². The first kappa shape index (κ1) is 22.5. The van der Waals surface area contributed by atoms with Crippen molar-refractivity contribution < 1.29 is 23.8 Å². The van der Waals surface area contributed by atoms with Gasteiger partial charge in [0.2, 0.25) is 0 Å². The lowest BCUT2D eigenvalue weighted by atomic mass is 9.93. The molecular weight excluding hydrogens is 396 g/mol. The van der Waals surface area contributed by atoms with Gasteiger partial charge in [-0.2, -0.15) is 0 Å². The Kier molecular flexibility index (Phi) is 7.81. The van der Waals surface area contributed by atoms with E-state index in [1.165, 1.54) is 4.90 Å². The summed E-state index contributed by atoms with van der Waals surface area (Å²) in [4.78, 5) is 27.2. The molecule has 164 valence electrons. The first-order chi connectivity index (χ1) is 15.1. The molecule has 1 aliphatic heterocycles. The van der Waals surface area contributed by atoms with E-state index in [0.717, 1.165) is 16.7 Å². The summed E-state index contributed by atoms with van der Waals surface area (Å²) >= 11 is 0. The molecule has 7 nitrogen and oxygen atoms in total. The van der Waals surface area contributed by atoms with Gasteiger partial charge in [-0.3, -0.25) is 4.90 Å². The predicted octanol–water partition coefficient (Wildman–Crippen LogP) is 3.53. The van der Waals surface area contributed by atoms with Gasteiger partial charge < -0.3 is 19.5 Å². The number of nitrogens with one attached hydrogen (secondary N) is 1. The largest absolute Gasteiger partial charge is 0.460 e. The van der Waals surface area contributed by atoms with Crippen molar-refractivity contribution in [3.05, 3.63) is 71.4 Å². The van der Waals surface area contributed by atoms with Crippen LogP contribution in [0.3, 0.4) is 0 Å². The number of amides is 2. The normalized spacial score (nSPS) is 16.3. The van der Waals surface area contributed by atoms with Crippen molar-refractivity contribution in [2.75, 3.05) is 40.6 Å². The summed E-state index contributed by atoms with van der Waals surface area (Å²) in [7, 11) is 3.11. The van der Waals surface area contributed by atoms with E-state index in [9.17, 15) is 9.59 Å². The fraction of sp³-hybridized carbons (Fsp3) is 0.333. The Hall–Kier alpha value is -3.16. The van der Waals surface area contributed by atoms with Crippen molar-refractivity contribution in [1.82, 2.24) is 10.2 Å². The second-order valence-corrected chi connectivity index (χ2v) is 7.14. The van der Waals surface area contributed by atoms with Gasteiger partial charge in [0.05, 0.1) is 31.4 Å². The highest BCUT2D eigenvalue weighted by molar-refractivity contribution is 5.95. The van der Waals surface area contributed by atoms with E-state index in [-0.39, 0.29) is 12.6 Å². The summed E-state index contributed by atoms with van der Waals surface area (Å²) in [5, 5.41) is 2.94. The number of allylic oxidation sites excluding steroid dienone is 1. The topological polar surface area (TPSA) is 77.1 Å². The Morgan fingerprint density at radius 3 is 2.23 bits per heavy atom. The summed E-state index contributed by atoms with van der Waals surface area (Å²) in [5.74, 6) is -0.478. The molecule has 2 aromatic carbocycles. The molecule has 3 rings (SSSR count). The summed E-state index contributed by atoms with van der Waals surface area (Å²) in [6, 6.07) is 16.9. The second-order valence-electron chi connectivity index (χ2n) is 7.14. The number of esters is 1. The lowest BCUT2D eigenvalue weighted by molar-refractivity contribution is -0.140. The molecular formula is C24H28N2O5. The van der Waals surface area contributed by atoms with Gasteiger partial charge in [-0.05, 0) is 23.6 Å². The minimum absolute atomic E-state index is 0.137. The number of rotatable bonds is 9. The van der Waals surface area contributed by atoms with E-state index in [2.05, 4.69) is 5.32 Å². The van der Waals surface area contributed by atoms with Gasteiger partial charge in [0.1, 0.15) is 6.61 Å². The lowest BCUT2D eigenvalue weighted by Crippen LogP contribution is -2.49. The van der Waals surface area contributed by atoms with Crippen LogP contribution in [-0.2, 0) is 19.0 Å². The van der Waals surface area contributed by atoms with E-state index >= 15 is 0 Å². The van der Waals surface area contributed by atoms with Crippen LogP contribution in [0.1, 0.15) is 18.5 Å². The summed E-state index contributed by atoms with van der Waals surface area (Å²) in [6.45, 7) is 2.88. The van der Waals surface area contributed by atoms with E-state index in [1.54, 1.807) is 21.1 Å². The summed E-state index contributed by atoms with van der Waals surface area (Å²) < 4.78 is 15.5. The molecule has 0 aliphatic carbocycles. The maximum absolute atomic E-state index is 12.9. The third-order valence-corrected chi connectivity index (χ3v) is 5.21. The number of carbonyl (C=O) groups is 2. The molecule has 1 N–H and O–H groups in total. The van der Waals surface area contributed by atoms with Crippen molar-refractivity contribution in [2.45, 2.75) is 13.0 Å². The Balaban J connectivity index is 1.93. The monoisotopic (exact) mass is 424 g/mol. The standard InChI is InChI=1S/C24H28N2O5/c1-17-21(23(27)31-16-15-30-3)22(25-24(28)26(17)13-14-29-2)20-11-9-19(10-12-20)18-7-5-4-6-8-18/h4-12,22H,13-16H2,1-3H3,(H,25,28). The lowest BCUT2D eigenvalue weighted by Gasteiger charge is -2.35. The molecule has 0 radical (unpaired) electrons. The first-order valence-corrected chi connectivity index (χ1v) is 10.2. The van der Waals surface area contributed by atoms with Crippen LogP contribution in [0.4, 0.5) is 4.79 Å². The molecule has 0 saturated carbocycles. The Labute approximate surface area is 182 Å². The van der Waals surface area contributed by atoms with Crippen molar-refractivity contribution in [2.24, 2.45) is 0 Å². The molecule has 2 amide bonds. The highest BCUT2D eigenvalue weighted by atomic mass is 16.6. The van der Waals surface area contributed by atoms with E-state index in [4.69, 9.17) is 14.2 Å². The van der Waals surface area contributed by atoms with Crippen molar-refractivity contribution in [1.29, 1.82) is 0 Å². The number of nitrogens with zero attached hydrogens (tertiary/aromatic N) is 1. The molecule has 1 heterocycles. The molecule has 1 unspecified atom stereocenters. The Bertz CT molecular complexity index is 925. The average molecular weight is 424 g/mol. The quantitative estimate of drug-likeness (QED) is 0.492. The van der Waals surface area contributed by atoms with E-state index in [0.29, 0.717) is 31.0 Å². The van der Waals surface area contributed by atoms with Gasteiger partial charge in [-0.1, -0.05) is 54.6 Å². The second kappa shape index (κ2) is 10.7. The smallest absolute Gasteiger partial charge is 0.338 e. The zero-order valence-electron chi connectivity index (χ0n) is 18.1. The molecule has 1 atom stereocenters. The number of benzene rings is 2. The molecule has 0 saturated heterocycles. The van der Waals surface area contributed by atoms with Gasteiger partial charge >= 0.3 is 12.0 Å². The Morgan fingerprint density at radius 1 is 0.935 bits per heavy atom. The van der Waals surface area contributed by atoms with Crippen LogP contribution in [0.25, 0.3) is 11.1 Å². The van der Waals surface area contributed by atoms with Crippen LogP contribution < -0.4 is 5.32 Å². The molecule has 0 bridgehead atoms. The maximum atomic E-state index is 12.9. The molecule has 0 aromatic heterocycles. The number of hydrogen-bond donors (Lipinski definition) is 1. The van der Waals surface area contributed by atoms with Gasteiger partial charge in [-0.15, -0.1) is 0 Å². The SMILES string of the molecule is COCCOC(=O)C1=C(C)N(CCOC)C(=O)NC1c1ccc(-c2ccccc2)cc1. The number of methoxy groups -OCH3 is 2. The minimum Gasteiger partial charge on any atom is -0.460 e. The molecule has 0 spiro atoms. The zero-order valence-corrected chi connectivity index (χ0v) is 18.1. The molecule has 1 aliphatic rings. The van der Waals surface area contributed by atoms with Gasteiger partial charge in [0, 0.05) is 19.9 Å². The van der Waals surface area contributed by atoms with Gasteiger partial charge in [-0.25, -0.2) is 9.59 Å². The predicted molar refractivity (Wildman–Crippen MR) is 117 cm³/mol. The molecule has 31 heavy (non-hydrogen) atoms. The molecule has 0 fully saturated rings. The minimum atomic E-state index is -0.605. The van der Waals surface area contributed by atoms with Crippen LogP contribution in [0.5, 0.6) is 0 Å². The van der Waals surface area contributed by atoms with E-state index < -0.39 is 12.0 Å². The Morgan fingerprint density at radius 2 is 1.58 bits per heavy atom. The fourth-order valence-electron chi connectivity index (χ4n) is 3.54. The average Bonchev–Trinajstić information content (AvgIpc) is 2.79. The van der Waals surface area contributed by atoms with Gasteiger partial charge in [0.15, 0.2) is 0 Å².